The van der Waals surface area contributed by atoms with Gasteiger partial charge in [-0.3, -0.25) is 4.57 Å². The van der Waals surface area contributed by atoms with Gasteiger partial charge in [-0.15, -0.1) is 0 Å². The van der Waals surface area contributed by atoms with Crippen molar-refractivity contribution in [2.45, 2.75) is 6.92 Å². The van der Waals surface area contributed by atoms with E-state index >= 15 is 0 Å². The normalized spacial score (nSPS) is 10.6. The van der Waals surface area contributed by atoms with Crippen LogP contribution in [0.1, 0.15) is 5.69 Å². The first kappa shape index (κ1) is 13.8. The van der Waals surface area contributed by atoms with Gasteiger partial charge < -0.3 is 5.32 Å². The standard InChI is InChI=1S/C16H13BrFN3/c1-11-10-21(13-7-8-14(17)15(18)9-13)16(19-11)20-12-5-3-2-4-6-12/h2-10H,1H3,(H,19,20). The molecule has 0 fully saturated rings. The van der Waals surface area contributed by atoms with Crippen LogP contribution in [0.5, 0.6) is 0 Å². The number of hydrogen-bond donors (Lipinski definition) is 1. The smallest absolute Gasteiger partial charge is 0.212 e. The zero-order valence-electron chi connectivity index (χ0n) is 11.3. The maximum atomic E-state index is 13.7. The number of rotatable bonds is 3. The number of aryl methyl sites for hydroxylation is 1. The van der Waals surface area contributed by atoms with E-state index in [0.717, 1.165) is 17.1 Å². The molecule has 1 N–H and O–H groups in total. The second kappa shape index (κ2) is 5.69. The van der Waals surface area contributed by atoms with E-state index < -0.39 is 0 Å². The van der Waals surface area contributed by atoms with Gasteiger partial charge in [0.05, 0.1) is 15.9 Å². The van der Waals surface area contributed by atoms with Crippen molar-refractivity contribution in [2.24, 2.45) is 0 Å². The molecule has 0 unspecified atom stereocenters. The first-order valence-corrected chi connectivity index (χ1v) is 7.26. The second-order valence-electron chi connectivity index (χ2n) is 4.67. The number of nitrogens with one attached hydrogen (secondary N) is 1. The van der Waals surface area contributed by atoms with Crippen LogP contribution in [0.3, 0.4) is 0 Å². The fourth-order valence-corrected chi connectivity index (χ4v) is 2.31. The van der Waals surface area contributed by atoms with Gasteiger partial charge >= 0.3 is 0 Å². The van der Waals surface area contributed by atoms with E-state index in [-0.39, 0.29) is 5.82 Å². The van der Waals surface area contributed by atoms with Gasteiger partial charge in [0.2, 0.25) is 5.95 Å². The summed E-state index contributed by atoms with van der Waals surface area (Å²) < 4.78 is 16.0. The topological polar surface area (TPSA) is 29.9 Å². The van der Waals surface area contributed by atoms with Gasteiger partial charge in [-0.25, -0.2) is 9.37 Å². The molecule has 1 aromatic heterocycles. The lowest BCUT2D eigenvalue weighted by Gasteiger charge is -2.10. The van der Waals surface area contributed by atoms with Crippen LogP contribution in [0, 0.1) is 12.7 Å². The van der Waals surface area contributed by atoms with E-state index in [4.69, 9.17) is 0 Å². The number of halogens is 2. The zero-order chi connectivity index (χ0) is 14.8. The number of imidazole rings is 1. The van der Waals surface area contributed by atoms with Crippen molar-refractivity contribution in [2.75, 3.05) is 5.32 Å². The third kappa shape index (κ3) is 2.97. The van der Waals surface area contributed by atoms with Gasteiger partial charge in [0, 0.05) is 11.9 Å². The van der Waals surface area contributed by atoms with E-state index in [0.29, 0.717) is 10.4 Å². The van der Waals surface area contributed by atoms with Gasteiger partial charge in [-0.2, -0.15) is 0 Å². The highest BCUT2D eigenvalue weighted by Gasteiger charge is 2.09. The molecule has 0 aliphatic rings. The minimum atomic E-state index is -0.301. The van der Waals surface area contributed by atoms with Crippen LogP contribution in [0.4, 0.5) is 16.0 Å². The maximum absolute atomic E-state index is 13.7. The van der Waals surface area contributed by atoms with Gasteiger partial charge in [-0.1, -0.05) is 18.2 Å². The summed E-state index contributed by atoms with van der Waals surface area (Å²) in [5.74, 6) is 0.352. The molecule has 21 heavy (non-hydrogen) atoms. The highest BCUT2D eigenvalue weighted by atomic mass is 79.9. The monoisotopic (exact) mass is 345 g/mol. The van der Waals surface area contributed by atoms with Gasteiger partial charge in [0.1, 0.15) is 5.82 Å². The molecule has 0 amide bonds. The Kier molecular flexibility index (Phi) is 3.75. The highest BCUT2D eigenvalue weighted by molar-refractivity contribution is 9.10. The summed E-state index contributed by atoms with van der Waals surface area (Å²) in [6, 6.07) is 14.8. The Morgan fingerprint density at radius 1 is 1.14 bits per heavy atom. The van der Waals surface area contributed by atoms with Crippen molar-refractivity contribution in [1.82, 2.24) is 9.55 Å². The first-order valence-electron chi connectivity index (χ1n) is 6.47. The van der Waals surface area contributed by atoms with E-state index in [1.807, 2.05) is 54.1 Å². The Bertz CT molecular complexity index is 768. The summed E-state index contributed by atoms with van der Waals surface area (Å²) in [5, 5.41) is 3.24. The van der Waals surface area contributed by atoms with Crippen LogP contribution >= 0.6 is 15.9 Å². The molecule has 0 saturated carbocycles. The molecule has 2 aromatic carbocycles. The van der Waals surface area contributed by atoms with Crippen molar-refractivity contribution in [3.63, 3.8) is 0 Å². The predicted molar refractivity (Wildman–Crippen MR) is 85.7 cm³/mol. The van der Waals surface area contributed by atoms with Crippen LogP contribution in [0.2, 0.25) is 0 Å². The van der Waals surface area contributed by atoms with Crippen molar-refractivity contribution < 1.29 is 4.39 Å². The third-order valence-corrected chi connectivity index (χ3v) is 3.68. The van der Waals surface area contributed by atoms with Crippen molar-refractivity contribution >= 4 is 27.6 Å². The molecule has 0 radical (unpaired) electrons. The third-order valence-electron chi connectivity index (χ3n) is 3.04. The number of aromatic nitrogens is 2. The van der Waals surface area contributed by atoms with Crippen LogP contribution in [-0.4, -0.2) is 9.55 Å². The van der Waals surface area contributed by atoms with E-state index in [9.17, 15) is 4.39 Å². The van der Waals surface area contributed by atoms with E-state index in [1.54, 1.807) is 6.07 Å². The molecule has 0 aliphatic heterocycles. The zero-order valence-corrected chi connectivity index (χ0v) is 12.9. The van der Waals surface area contributed by atoms with E-state index in [2.05, 4.69) is 26.2 Å². The molecule has 3 nitrogen and oxygen atoms in total. The highest BCUT2D eigenvalue weighted by Crippen LogP contribution is 2.24. The molecule has 0 aliphatic carbocycles. The van der Waals surface area contributed by atoms with Crippen LogP contribution in [0.25, 0.3) is 5.69 Å². The fourth-order valence-electron chi connectivity index (χ4n) is 2.07. The SMILES string of the molecule is Cc1cn(-c2ccc(Br)c(F)c2)c(Nc2ccccc2)n1. The summed E-state index contributed by atoms with van der Waals surface area (Å²) in [7, 11) is 0. The maximum Gasteiger partial charge on any atom is 0.212 e. The average molecular weight is 346 g/mol. The minimum absolute atomic E-state index is 0.301. The number of nitrogens with zero attached hydrogens (tertiary/aromatic N) is 2. The Labute approximate surface area is 130 Å². The molecule has 0 bridgehead atoms. The van der Waals surface area contributed by atoms with Gasteiger partial charge in [-0.05, 0) is 53.2 Å². The minimum Gasteiger partial charge on any atom is -0.325 e. The Morgan fingerprint density at radius 2 is 1.90 bits per heavy atom. The van der Waals surface area contributed by atoms with Crippen molar-refractivity contribution in [3.8, 4) is 5.69 Å². The molecule has 0 spiro atoms. The molecule has 5 heteroatoms. The summed E-state index contributed by atoms with van der Waals surface area (Å²) in [6.07, 6.45) is 1.87. The lowest BCUT2D eigenvalue weighted by molar-refractivity contribution is 0.620. The van der Waals surface area contributed by atoms with Crippen molar-refractivity contribution in [3.05, 3.63) is 70.7 Å². The molecule has 106 valence electrons. The lowest BCUT2D eigenvalue weighted by Crippen LogP contribution is -2.01. The Morgan fingerprint density at radius 3 is 2.62 bits per heavy atom. The molecule has 0 atom stereocenters. The predicted octanol–water partition coefficient (Wildman–Crippen LogP) is 4.83. The quantitative estimate of drug-likeness (QED) is 0.736. The van der Waals surface area contributed by atoms with E-state index in [1.165, 1.54) is 6.07 Å². The molecule has 3 rings (SSSR count). The molecule has 0 saturated heterocycles. The lowest BCUT2D eigenvalue weighted by atomic mass is 10.3. The largest absolute Gasteiger partial charge is 0.325 e. The molecule has 1 heterocycles. The average Bonchev–Trinajstić information content (AvgIpc) is 2.84. The molecule has 3 aromatic rings. The summed E-state index contributed by atoms with van der Waals surface area (Å²) in [4.78, 5) is 4.45. The van der Waals surface area contributed by atoms with Gasteiger partial charge in [0.15, 0.2) is 0 Å². The van der Waals surface area contributed by atoms with Crippen LogP contribution in [0.15, 0.2) is 59.2 Å². The summed E-state index contributed by atoms with van der Waals surface area (Å²) in [6.45, 7) is 1.90. The number of hydrogen-bond acceptors (Lipinski definition) is 2. The molecular weight excluding hydrogens is 333 g/mol. The van der Waals surface area contributed by atoms with Gasteiger partial charge in [0.25, 0.3) is 0 Å². The molecular formula is C16H13BrFN3. The Balaban J connectivity index is 2.01. The fraction of sp³-hybridized carbons (Fsp3) is 0.0625. The van der Waals surface area contributed by atoms with Crippen LogP contribution in [-0.2, 0) is 0 Å². The van der Waals surface area contributed by atoms with Crippen LogP contribution < -0.4 is 5.32 Å². The second-order valence-corrected chi connectivity index (χ2v) is 5.52. The van der Waals surface area contributed by atoms with Crippen molar-refractivity contribution in [1.29, 1.82) is 0 Å². The first-order chi connectivity index (χ1) is 10.1. The summed E-state index contributed by atoms with van der Waals surface area (Å²) in [5.41, 5.74) is 2.51. The number of benzene rings is 2. The number of para-hydroxylation sites is 1. The Hall–Kier alpha value is -2.14. The number of anilines is 2. The summed E-state index contributed by atoms with van der Waals surface area (Å²) >= 11 is 3.16.